The van der Waals surface area contributed by atoms with Gasteiger partial charge < -0.3 is 4.90 Å². The van der Waals surface area contributed by atoms with E-state index in [1.165, 1.54) is 19.4 Å². The molecule has 1 heteroatoms. The van der Waals surface area contributed by atoms with Crippen molar-refractivity contribution < 1.29 is 0 Å². The lowest BCUT2D eigenvalue weighted by Crippen LogP contribution is -2.54. The second-order valence-corrected chi connectivity index (χ2v) is 5.98. The molecule has 1 nitrogen and oxygen atoms in total. The molecule has 1 aromatic carbocycles. The highest BCUT2D eigenvalue weighted by atomic mass is 15.1. The van der Waals surface area contributed by atoms with Crippen LogP contribution < -0.4 is 0 Å². The fourth-order valence-corrected chi connectivity index (χ4v) is 3.74. The summed E-state index contributed by atoms with van der Waals surface area (Å²) >= 11 is 0. The number of likely N-dealkylation sites (N-methyl/N-ethyl adjacent to an activating group) is 1. The Hall–Kier alpha value is -0.820. The van der Waals surface area contributed by atoms with E-state index in [4.69, 9.17) is 0 Å². The van der Waals surface area contributed by atoms with Gasteiger partial charge in [-0.05, 0) is 42.3 Å². The SMILES string of the molecule is C[C@H]1CN(C)[C@H]2Cc3ccccc3[C@]1(C)C2. The molecule has 1 aliphatic heterocycles. The molecule has 3 rings (SSSR count). The lowest BCUT2D eigenvalue weighted by atomic mass is 9.60. The zero-order chi connectivity index (χ0) is 11.3. The van der Waals surface area contributed by atoms with Crippen LogP contribution in [0.3, 0.4) is 0 Å². The third-order valence-electron chi connectivity index (χ3n) is 5.02. The highest BCUT2D eigenvalue weighted by Crippen LogP contribution is 2.46. The van der Waals surface area contributed by atoms with E-state index in [1.54, 1.807) is 11.1 Å². The molecular formula is C15H21N. The number of rotatable bonds is 0. The molecule has 0 radical (unpaired) electrons. The molecule has 1 aromatic rings. The van der Waals surface area contributed by atoms with Crippen LogP contribution >= 0.6 is 0 Å². The fraction of sp³-hybridized carbons (Fsp3) is 0.600. The lowest BCUT2D eigenvalue weighted by Gasteiger charge is -2.52. The minimum atomic E-state index is 0.409. The van der Waals surface area contributed by atoms with Gasteiger partial charge in [0.15, 0.2) is 0 Å². The summed E-state index contributed by atoms with van der Waals surface area (Å²) in [5.41, 5.74) is 3.61. The number of likely N-dealkylation sites (tertiary alicyclic amines) is 1. The highest BCUT2D eigenvalue weighted by molar-refractivity contribution is 5.39. The van der Waals surface area contributed by atoms with Gasteiger partial charge in [0.05, 0.1) is 0 Å². The van der Waals surface area contributed by atoms with Crippen LogP contribution in [-0.4, -0.2) is 24.5 Å². The van der Waals surface area contributed by atoms with Gasteiger partial charge in [0.1, 0.15) is 0 Å². The molecule has 2 aliphatic rings. The highest BCUT2D eigenvalue weighted by Gasteiger charge is 2.45. The first-order valence-corrected chi connectivity index (χ1v) is 6.40. The van der Waals surface area contributed by atoms with E-state index in [0.717, 1.165) is 12.0 Å². The molecule has 2 bridgehead atoms. The molecule has 0 amide bonds. The van der Waals surface area contributed by atoms with Gasteiger partial charge >= 0.3 is 0 Å². The first-order valence-electron chi connectivity index (χ1n) is 6.40. The summed E-state index contributed by atoms with van der Waals surface area (Å²) in [5.74, 6) is 0.759. The number of nitrogens with zero attached hydrogens (tertiary/aromatic N) is 1. The Balaban J connectivity index is 2.13. The first kappa shape index (κ1) is 10.3. The van der Waals surface area contributed by atoms with Gasteiger partial charge in [-0.2, -0.15) is 0 Å². The summed E-state index contributed by atoms with van der Waals surface area (Å²) in [6, 6.07) is 9.83. The van der Waals surface area contributed by atoms with Gasteiger partial charge in [0.25, 0.3) is 0 Å². The zero-order valence-electron chi connectivity index (χ0n) is 10.5. The largest absolute Gasteiger partial charge is 0.303 e. The molecule has 1 fully saturated rings. The average molecular weight is 215 g/mol. The van der Waals surface area contributed by atoms with Gasteiger partial charge in [0.2, 0.25) is 0 Å². The van der Waals surface area contributed by atoms with Crippen molar-refractivity contribution in [3.8, 4) is 0 Å². The molecule has 3 atom stereocenters. The number of fused-ring (bicyclic) bond motifs is 4. The lowest BCUT2D eigenvalue weighted by molar-refractivity contribution is 0.0642. The Kier molecular flexibility index (Phi) is 2.16. The molecule has 86 valence electrons. The van der Waals surface area contributed by atoms with Crippen molar-refractivity contribution >= 4 is 0 Å². The normalized spacial score (nSPS) is 38.2. The van der Waals surface area contributed by atoms with Crippen LogP contribution in [0.5, 0.6) is 0 Å². The Morgan fingerprint density at radius 1 is 1.31 bits per heavy atom. The monoisotopic (exact) mass is 215 g/mol. The number of benzene rings is 1. The number of hydrogen-bond acceptors (Lipinski definition) is 1. The van der Waals surface area contributed by atoms with Gasteiger partial charge in [-0.1, -0.05) is 38.1 Å². The van der Waals surface area contributed by atoms with Crippen molar-refractivity contribution in [2.75, 3.05) is 13.6 Å². The van der Waals surface area contributed by atoms with E-state index in [-0.39, 0.29) is 0 Å². The molecule has 1 saturated heterocycles. The van der Waals surface area contributed by atoms with Crippen molar-refractivity contribution in [1.29, 1.82) is 0 Å². The quantitative estimate of drug-likeness (QED) is 0.643. The molecule has 0 spiro atoms. The van der Waals surface area contributed by atoms with Crippen molar-refractivity contribution in [2.45, 2.75) is 38.1 Å². The van der Waals surface area contributed by atoms with E-state index in [9.17, 15) is 0 Å². The smallest absolute Gasteiger partial charge is 0.0141 e. The summed E-state index contributed by atoms with van der Waals surface area (Å²) in [4.78, 5) is 2.56. The summed E-state index contributed by atoms with van der Waals surface area (Å²) in [5, 5.41) is 0. The van der Waals surface area contributed by atoms with Crippen molar-refractivity contribution in [3.05, 3.63) is 35.4 Å². The Labute approximate surface area is 98.5 Å². The Bertz CT molecular complexity index is 412. The molecular weight excluding hydrogens is 194 g/mol. The van der Waals surface area contributed by atoms with Crippen molar-refractivity contribution in [1.82, 2.24) is 4.90 Å². The minimum Gasteiger partial charge on any atom is -0.303 e. The molecule has 0 unspecified atom stereocenters. The Morgan fingerprint density at radius 3 is 2.88 bits per heavy atom. The maximum Gasteiger partial charge on any atom is 0.0141 e. The van der Waals surface area contributed by atoms with Crippen LogP contribution in [0.15, 0.2) is 24.3 Å². The zero-order valence-corrected chi connectivity index (χ0v) is 10.5. The van der Waals surface area contributed by atoms with Crippen LogP contribution in [0, 0.1) is 5.92 Å². The van der Waals surface area contributed by atoms with E-state index >= 15 is 0 Å². The van der Waals surface area contributed by atoms with Crippen molar-refractivity contribution in [2.24, 2.45) is 5.92 Å². The van der Waals surface area contributed by atoms with Gasteiger partial charge in [-0.15, -0.1) is 0 Å². The topological polar surface area (TPSA) is 3.24 Å². The maximum absolute atomic E-state index is 2.56. The minimum absolute atomic E-state index is 0.409. The van der Waals surface area contributed by atoms with Crippen LogP contribution in [0.1, 0.15) is 31.4 Å². The maximum atomic E-state index is 2.56. The summed E-state index contributed by atoms with van der Waals surface area (Å²) in [6.07, 6.45) is 2.58. The third kappa shape index (κ3) is 1.27. The second kappa shape index (κ2) is 3.33. The van der Waals surface area contributed by atoms with Crippen LogP contribution in [-0.2, 0) is 11.8 Å². The molecule has 1 aliphatic carbocycles. The first-order chi connectivity index (χ1) is 7.61. The van der Waals surface area contributed by atoms with Crippen molar-refractivity contribution in [3.63, 3.8) is 0 Å². The third-order valence-corrected chi connectivity index (χ3v) is 5.02. The van der Waals surface area contributed by atoms with E-state index in [1.807, 2.05) is 0 Å². The molecule has 0 saturated carbocycles. The van der Waals surface area contributed by atoms with Crippen LogP contribution in [0.2, 0.25) is 0 Å². The molecule has 0 aromatic heterocycles. The number of piperidine rings is 1. The van der Waals surface area contributed by atoms with Gasteiger partial charge in [0, 0.05) is 12.6 Å². The summed E-state index contributed by atoms with van der Waals surface area (Å²) < 4.78 is 0. The van der Waals surface area contributed by atoms with E-state index in [0.29, 0.717) is 5.41 Å². The summed E-state index contributed by atoms with van der Waals surface area (Å²) in [7, 11) is 2.29. The molecule has 0 N–H and O–H groups in total. The average Bonchev–Trinajstić information content (AvgIpc) is 2.27. The van der Waals surface area contributed by atoms with E-state index < -0.39 is 0 Å². The van der Waals surface area contributed by atoms with Crippen LogP contribution in [0.25, 0.3) is 0 Å². The predicted molar refractivity (Wildman–Crippen MR) is 67.7 cm³/mol. The standard InChI is InChI=1S/C15H21N/c1-11-10-16(3)13-8-12-6-4-5-7-14(12)15(11,2)9-13/h4-7,11,13H,8-10H2,1-3H3/t11-,13-,15+/m0/s1. The fourth-order valence-electron chi connectivity index (χ4n) is 3.74. The molecule has 16 heavy (non-hydrogen) atoms. The van der Waals surface area contributed by atoms with Crippen LogP contribution in [0.4, 0.5) is 0 Å². The number of hydrogen-bond donors (Lipinski definition) is 0. The van der Waals surface area contributed by atoms with E-state index in [2.05, 4.69) is 50.1 Å². The molecule has 1 heterocycles. The Morgan fingerprint density at radius 2 is 2.06 bits per heavy atom. The van der Waals surface area contributed by atoms with Gasteiger partial charge in [-0.3, -0.25) is 0 Å². The predicted octanol–water partition coefficient (Wildman–Crippen LogP) is 2.84. The van der Waals surface area contributed by atoms with Gasteiger partial charge in [-0.25, -0.2) is 0 Å². The summed E-state index contributed by atoms with van der Waals surface area (Å²) in [6.45, 7) is 6.12. The second-order valence-electron chi connectivity index (χ2n) is 5.98.